The highest BCUT2D eigenvalue weighted by Crippen LogP contribution is 1.95. The average Bonchev–Trinajstić information content (AvgIpc) is 1.98. The molecule has 0 radical (unpaired) electrons. The highest BCUT2D eigenvalue weighted by atomic mass is 32.2. The van der Waals surface area contributed by atoms with E-state index >= 15 is 0 Å². The SMILES string of the molecule is CC(C)S(=O)(=O)NCCCCN. The van der Waals surface area contributed by atoms with Crippen LogP contribution >= 0.6 is 0 Å². The van der Waals surface area contributed by atoms with Crippen LogP contribution in [0.15, 0.2) is 0 Å². The van der Waals surface area contributed by atoms with E-state index in [-0.39, 0.29) is 5.25 Å². The molecule has 74 valence electrons. The van der Waals surface area contributed by atoms with Crippen molar-refractivity contribution in [3.8, 4) is 0 Å². The lowest BCUT2D eigenvalue weighted by molar-refractivity contribution is 0.568. The van der Waals surface area contributed by atoms with Gasteiger partial charge in [-0.05, 0) is 33.2 Å². The molecule has 5 heteroatoms. The minimum absolute atomic E-state index is 0.352. The second-order valence-corrected chi connectivity index (χ2v) is 5.31. The summed E-state index contributed by atoms with van der Waals surface area (Å²) in [5.41, 5.74) is 5.26. The van der Waals surface area contributed by atoms with E-state index in [1.807, 2.05) is 0 Å². The van der Waals surface area contributed by atoms with Crippen molar-refractivity contribution < 1.29 is 8.42 Å². The minimum atomic E-state index is -3.07. The lowest BCUT2D eigenvalue weighted by Crippen LogP contribution is -2.31. The number of rotatable bonds is 6. The molecule has 0 saturated heterocycles. The molecule has 0 fully saturated rings. The molecule has 0 unspecified atom stereocenters. The molecule has 4 nitrogen and oxygen atoms in total. The van der Waals surface area contributed by atoms with Crippen LogP contribution in [0.25, 0.3) is 0 Å². The van der Waals surface area contributed by atoms with Gasteiger partial charge in [-0.15, -0.1) is 0 Å². The van der Waals surface area contributed by atoms with Crippen LogP contribution in [-0.4, -0.2) is 26.8 Å². The molecular weight excluding hydrogens is 176 g/mol. The van der Waals surface area contributed by atoms with Gasteiger partial charge in [-0.25, -0.2) is 13.1 Å². The van der Waals surface area contributed by atoms with Gasteiger partial charge in [0, 0.05) is 6.54 Å². The topological polar surface area (TPSA) is 72.2 Å². The van der Waals surface area contributed by atoms with E-state index in [1.54, 1.807) is 13.8 Å². The monoisotopic (exact) mass is 194 g/mol. The molecule has 0 aliphatic heterocycles. The molecule has 0 aliphatic rings. The van der Waals surface area contributed by atoms with E-state index in [1.165, 1.54) is 0 Å². The Balaban J connectivity index is 3.63. The van der Waals surface area contributed by atoms with Gasteiger partial charge in [0.1, 0.15) is 0 Å². The van der Waals surface area contributed by atoms with Gasteiger partial charge in [-0.3, -0.25) is 0 Å². The molecule has 0 amide bonds. The summed E-state index contributed by atoms with van der Waals surface area (Å²) < 4.78 is 24.8. The molecule has 12 heavy (non-hydrogen) atoms. The number of nitrogens with one attached hydrogen (secondary N) is 1. The summed E-state index contributed by atoms with van der Waals surface area (Å²) in [4.78, 5) is 0. The van der Waals surface area contributed by atoms with Gasteiger partial charge >= 0.3 is 0 Å². The lowest BCUT2D eigenvalue weighted by atomic mass is 10.3. The average molecular weight is 194 g/mol. The molecule has 0 spiro atoms. The normalized spacial score (nSPS) is 12.3. The predicted octanol–water partition coefficient (Wildman–Crippen LogP) is 0.0531. The van der Waals surface area contributed by atoms with Crippen LogP contribution in [0.4, 0.5) is 0 Å². The zero-order valence-electron chi connectivity index (χ0n) is 7.71. The van der Waals surface area contributed by atoms with Gasteiger partial charge in [0.25, 0.3) is 0 Å². The first-order valence-corrected chi connectivity index (χ1v) is 5.74. The van der Waals surface area contributed by atoms with Crippen molar-refractivity contribution in [1.29, 1.82) is 0 Å². The molecule has 0 aliphatic carbocycles. The van der Waals surface area contributed by atoms with E-state index in [0.717, 1.165) is 12.8 Å². The molecule has 0 atom stereocenters. The first-order chi connectivity index (χ1) is 5.50. The van der Waals surface area contributed by atoms with Gasteiger partial charge in [0.15, 0.2) is 0 Å². The maximum Gasteiger partial charge on any atom is 0.213 e. The van der Waals surface area contributed by atoms with Gasteiger partial charge in [0.05, 0.1) is 5.25 Å². The molecule has 0 bridgehead atoms. The molecule has 0 aromatic rings. The maximum atomic E-state index is 11.2. The zero-order chi connectivity index (χ0) is 9.61. The van der Waals surface area contributed by atoms with Crippen LogP contribution in [0.2, 0.25) is 0 Å². The fraction of sp³-hybridized carbons (Fsp3) is 1.00. The van der Waals surface area contributed by atoms with E-state index in [2.05, 4.69) is 4.72 Å². The molecule has 3 N–H and O–H groups in total. The fourth-order valence-electron chi connectivity index (χ4n) is 0.650. The molecular formula is C7H18N2O2S. The highest BCUT2D eigenvalue weighted by molar-refractivity contribution is 7.90. The second-order valence-electron chi connectivity index (χ2n) is 2.98. The van der Waals surface area contributed by atoms with E-state index < -0.39 is 10.0 Å². The van der Waals surface area contributed by atoms with Crippen molar-refractivity contribution in [2.45, 2.75) is 31.9 Å². The standard InChI is InChI=1S/C7H18N2O2S/c1-7(2)12(10,11)9-6-4-3-5-8/h7,9H,3-6,8H2,1-2H3. The zero-order valence-corrected chi connectivity index (χ0v) is 8.52. The van der Waals surface area contributed by atoms with Crippen molar-refractivity contribution in [2.24, 2.45) is 5.73 Å². The number of nitrogens with two attached hydrogens (primary N) is 1. The Morgan fingerprint density at radius 1 is 1.33 bits per heavy atom. The van der Waals surface area contributed by atoms with Crippen LogP contribution in [0.1, 0.15) is 26.7 Å². The largest absolute Gasteiger partial charge is 0.330 e. The van der Waals surface area contributed by atoms with Gasteiger partial charge in [0.2, 0.25) is 10.0 Å². The molecule has 0 rings (SSSR count). The minimum Gasteiger partial charge on any atom is -0.330 e. The Kier molecular flexibility index (Phi) is 5.44. The summed E-state index contributed by atoms with van der Waals surface area (Å²) in [5.74, 6) is 0. The Labute approximate surface area is 74.6 Å². The van der Waals surface area contributed by atoms with Crippen molar-refractivity contribution >= 4 is 10.0 Å². The summed E-state index contributed by atoms with van der Waals surface area (Å²) in [5, 5.41) is -0.352. The lowest BCUT2D eigenvalue weighted by Gasteiger charge is -2.08. The summed E-state index contributed by atoms with van der Waals surface area (Å²) in [6.45, 7) is 4.43. The molecule has 0 heterocycles. The Morgan fingerprint density at radius 3 is 2.33 bits per heavy atom. The smallest absolute Gasteiger partial charge is 0.213 e. The molecule has 0 aromatic carbocycles. The maximum absolute atomic E-state index is 11.2. The van der Waals surface area contributed by atoms with Gasteiger partial charge in [-0.1, -0.05) is 0 Å². The second kappa shape index (κ2) is 5.50. The van der Waals surface area contributed by atoms with E-state index in [9.17, 15) is 8.42 Å². The highest BCUT2D eigenvalue weighted by Gasteiger charge is 2.13. The van der Waals surface area contributed by atoms with Crippen LogP contribution in [0.5, 0.6) is 0 Å². The first kappa shape index (κ1) is 11.9. The van der Waals surface area contributed by atoms with Crippen LogP contribution in [-0.2, 0) is 10.0 Å². The Hall–Kier alpha value is -0.130. The summed E-state index contributed by atoms with van der Waals surface area (Å²) in [6.07, 6.45) is 1.67. The van der Waals surface area contributed by atoms with Crippen LogP contribution in [0, 0.1) is 0 Å². The van der Waals surface area contributed by atoms with Crippen molar-refractivity contribution in [3.05, 3.63) is 0 Å². The molecule has 0 aromatic heterocycles. The van der Waals surface area contributed by atoms with Crippen molar-refractivity contribution in [2.75, 3.05) is 13.1 Å². The van der Waals surface area contributed by atoms with Crippen molar-refractivity contribution in [3.63, 3.8) is 0 Å². The summed E-state index contributed by atoms with van der Waals surface area (Å²) in [7, 11) is -3.07. The van der Waals surface area contributed by atoms with E-state index in [0.29, 0.717) is 13.1 Å². The Bertz CT molecular complexity index is 199. The third kappa shape index (κ3) is 4.69. The number of sulfonamides is 1. The summed E-state index contributed by atoms with van der Waals surface area (Å²) >= 11 is 0. The number of unbranched alkanes of at least 4 members (excludes halogenated alkanes) is 1. The quantitative estimate of drug-likeness (QED) is 0.587. The first-order valence-electron chi connectivity index (χ1n) is 4.19. The van der Waals surface area contributed by atoms with Crippen LogP contribution < -0.4 is 10.5 Å². The number of hydrogen-bond acceptors (Lipinski definition) is 3. The van der Waals surface area contributed by atoms with Gasteiger partial charge in [-0.2, -0.15) is 0 Å². The molecule has 0 saturated carbocycles. The van der Waals surface area contributed by atoms with Crippen LogP contribution in [0.3, 0.4) is 0 Å². The fourth-order valence-corrected chi connectivity index (χ4v) is 1.41. The third-order valence-corrected chi connectivity index (χ3v) is 3.40. The van der Waals surface area contributed by atoms with E-state index in [4.69, 9.17) is 5.73 Å². The summed E-state index contributed by atoms with van der Waals surface area (Å²) in [6, 6.07) is 0. The number of hydrogen-bond donors (Lipinski definition) is 2. The predicted molar refractivity (Wildman–Crippen MR) is 50.3 cm³/mol. The third-order valence-electron chi connectivity index (χ3n) is 1.55. The van der Waals surface area contributed by atoms with Gasteiger partial charge < -0.3 is 5.73 Å². The Morgan fingerprint density at radius 2 is 1.92 bits per heavy atom. The van der Waals surface area contributed by atoms with Crippen molar-refractivity contribution in [1.82, 2.24) is 4.72 Å².